The number of nitrogens with zero attached hydrogens (tertiary/aromatic N) is 3. The Morgan fingerprint density at radius 3 is 2.61 bits per heavy atom. The SMILES string of the molecule is CNC(=O)c1ccccc1Sc1ccc2c(C=Cc3ccccn3)nn(C(=O)O)c2c1. The van der Waals surface area contributed by atoms with E-state index in [0.717, 1.165) is 20.2 Å². The molecule has 0 saturated carbocycles. The molecule has 0 aliphatic heterocycles. The van der Waals surface area contributed by atoms with Crippen molar-refractivity contribution in [2.45, 2.75) is 9.79 Å². The molecule has 1 amide bonds. The van der Waals surface area contributed by atoms with Gasteiger partial charge in [-0.2, -0.15) is 9.78 Å². The fourth-order valence-electron chi connectivity index (χ4n) is 3.09. The van der Waals surface area contributed by atoms with Gasteiger partial charge in [0.15, 0.2) is 0 Å². The van der Waals surface area contributed by atoms with Gasteiger partial charge in [0.25, 0.3) is 5.91 Å². The van der Waals surface area contributed by atoms with Crippen LogP contribution in [0.4, 0.5) is 4.79 Å². The molecular formula is C23H18N4O3S. The molecular weight excluding hydrogens is 412 g/mol. The molecule has 0 atom stereocenters. The normalized spacial score (nSPS) is 11.1. The summed E-state index contributed by atoms with van der Waals surface area (Å²) in [7, 11) is 1.58. The van der Waals surface area contributed by atoms with Gasteiger partial charge in [-0.1, -0.05) is 30.0 Å². The molecule has 2 aromatic carbocycles. The Morgan fingerprint density at radius 1 is 1.06 bits per heavy atom. The fourth-order valence-corrected chi connectivity index (χ4v) is 4.07. The second kappa shape index (κ2) is 8.85. The van der Waals surface area contributed by atoms with Gasteiger partial charge in [0.1, 0.15) is 0 Å². The highest BCUT2D eigenvalue weighted by atomic mass is 32.2. The monoisotopic (exact) mass is 430 g/mol. The second-order valence-corrected chi connectivity index (χ2v) is 7.64. The Hall–Kier alpha value is -3.91. The highest BCUT2D eigenvalue weighted by Crippen LogP contribution is 2.33. The van der Waals surface area contributed by atoms with Crippen LogP contribution >= 0.6 is 11.8 Å². The number of aromatic nitrogens is 3. The van der Waals surface area contributed by atoms with Crippen LogP contribution in [0, 0.1) is 0 Å². The lowest BCUT2D eigenvalue weighted by molar-refractivity contribution is 0.0960. The number of carbonyl (C=O) groups excluding carboxylic acids is 1. The van der Waals surface area contributed by atoms with Gasteiger partial charge in [-0.3, -0.25) is 9.78 Å². The third-order valence-electron chi connectivity index (χ3n) is 4.55. The molecule has 0 aliphatic carbocycles. The van der Waals surface area contributed by atoms with Crippen LogP contribution in [0.3, 0.4) is 0 Å². The van der Waals surface area contributed by atoms with Gasteiger partial charge in [0.2, 0.25) is 0 Å². The molecule has 2 aromatic heterocycles. The zero-order valence-corrected chi connectivity index (χ0v) is 17.3. The highest BCUT2D eigenvalue weighted by Gasteiger charge is 2.16. The van der Waals surface area contributed by atoms with Gasteiger partial charge in [-0.05, 0) is 54.6 Å². The first-order chi connectivity index (χ1) is 15.1. The van der Waals surface area contributed by atoms with Crippen molar-refractivity contribution in [2.24, 2.45) is 0 Å². The summed E-state index contributed by atoms with van der Waals surface area (Å²) in [5.41, 5.74) is 2.31. The molecule has 31 heavy (non-hydrogen) atoms. The summed E-state index contributed by atoms with van der Waals surface area (Å²) < 4.78 is 0.960. The van der Waals surface area contributed by atoms with Crippen molar-refractivity contribution in [2.75, 3.05) is 7.05 Å². The smallest absolute Gasteiger partial charge is 0.432 e. The Balaban J connectivity index is 1.73. The lowest BCUT2D eigenvalue weighted by atomic mass is 10.2. The van der Waals surface area contributed by atoms with E-state index >= 15 is 0 Å². The number of carboxylic acid groups (broad SMARTS) is 1. The maximum absolute atomic E-state index is 12.1. The maximum Gasteiger partial charge on any atom is 0.432 e. The molecule has 0 radical (unpaired) electrons. The van der Waals surface area contributed by atoms with E-state index in [2.05, 4.69) is 15.4 Å². The van der Waals surface area contributed by atoms with E-state index in [-0.39, 0.29) is 5.91 Å². The van der Waals surface area contributed by atoms with Crippen molar-refractivity contribution in [3.05, 3.63) is 83.8 Å². The largest absolute Gasteiger partial charge is 0.463 e. The number of amides is 1. The van der Waals surface area contributed by atoms with E-state index in [9.17, 15) is 14.7 Å². The van der Waals surface area contributed by atoms with E-state index < -0.39 is 6.09 Å². The number of hydrogen-bond donors (Lipinski definition) is 2. The van der Waals surface area contributed by atoms with Gasteiger partial charge in [0.05, 0.1) is 22.5 Å². The van der Waals surface area contributed by atoms with Gasteiger partial charge >= 0.3 is 6.09 Å². The molecule has 0 spiro atoms. The van der Waals surface area contributed by atoms with Crippen molar-refractivity contribution < 1.29 is 14.7 Å². The first-order valence-electron chi connectivity index (χ1n) is 9.41. The molecule has 2 heterocycles. The summed E-state index contributed by atoms with van der Waals surface area (Å²) in [4.78, 5) is 29.7. The van der Waals surface area contributed by atoms with Gasteiger partial charge < -0.3 is 10.4 Å². The molecule has 8 heteroatoms. The van der Waals surface area contributed by atoms with Crippen LogP contribution in [-0.2, 0) is 0 Å². The van der Waals surface area contributed by atoms with Crippen LogP contribution in [0.2, 0.25) is 0 Å². The third-order valence-corrected chi connectivity index (χ3v) is 5.61. The summed E-state index contributed by atoms with van der Waals surface area (Å²) in [6.07, 6.45) is 4.05. The van der Waals surface area contributed by atoms with E-state index in [4.69, 9.17) is 0 Å². The molecule has 0 fully saturated rings. The molecule has 4 rings (SSSR count). The molecule has 0 bridgehead atoms. The summed E-state index contributed by atoms with van der Waals surface area (Å²) in [5.74, 6) is -0.179. The van der Waals surface area contributed by atoms with Gasteiger partial charge in [0, 0.05) is 28.4 Å². The Labute approximate surface area is 182 Å². The average molecular weight is 430 g/mol. The standard InChI is InChI=1S/C23H18N4O3S/c1-24-22(28)18-7-2-3-8-21(18)31-16-10-11-17-19(12-9-15-6-4-5-13-25-15)26-27(23(29)30)20(17)14-16/h2-14H,1H3,(H,24,28)(H,29,30). The van der Waals surface area contributed by atoms with E-state index in [1.165, 1.54) is 11.8 Å². The van der Waals surface area contributed by atoms with E-state index in [1.807, 2.05) is 42.5 Å². The highest BCUT2D eigenvalue weighted by molar-refractivity contribution is 7.99. The van der Waals surface area contributed by atoms with Crippen LogP contribution in [0.25, 0.3) is 23.1 Å². The van der Waals surface area contributed by atoms with Crippen LogP contribution < -0.4 is 5.32 Å². The van der Waals surface area contributed by atoms with Crippen molar-refractivity contribution in [1.29, 1.82) is 0 Å². The third kappa shape index (κ3) is 4.34. The molecule has 7 nitrogen and oxygen atoms in total. The molecule has 0 saturated heterocycles. The number of benzene rings is 2. The summed E-state index contributed by atoms with van der Waals surface area (Å²) >= 11 is 1.39. The topological polar surface area (TPSA) is 97.1 Å². The number of nitrogens with one attached hydrogen (secondary N) is 1. The predicted octanol–water partition coefficient (Wildman–Crippen LogP) is 4.64. The first kappa shape index (κ1) is 20.4. The minimum atomic E-state index is -1.17. The molecule has 154 valence electrons. The van der Waals surface area contributed by atoms with E-state index in [1.54, 1.807) is 43.6 Å². The van der Waals surface area contributed by atoms with Crippen molar-refractivity contribution >= 4 is 46.8 Å². The quantitative estimate of drug-likeness (QED) is 0.479. The first-order valence-corrected chi connectivity index (χ1v) is 10.2. The zero-order valence-electron chi connectivity index (χ0n) is 16.5. The minimum Gasteiger partial charge on any atom is -0.463 e. The van der Waals surface area contributed by atoms with Crippen molar-refractivity contribution in [1.82, 2.24) is 20.1 Å². The Morgan fingerprint density at radius 2 is 1.87 bits per heavy atom. The number of pyridine rings is 1. The Bertz CT molecular complexity index is 1300. The summed E-state index contributed by atoms with van der Waals surface area (Å²) in [6.45, 7) is 0. The zero-order chi connectivity index (χ0) is 21.8. The number of carbonyl (C=O) groups is 2. The van der Waals surface area contributed by atoms with Crippen LogP contribution in [0.5, 0.6) is 0 Å². The molecule has 4 aromatic rings. The summed E-state index contributed by atoms with van der Waals surface area (Å²) in [6, 6.07) is 18.3. The number of hydrogen-bond acceptors (Lipinski definition) is 5. The number of rotatable bonds is 5. The Kier molecular flexibility index (Phi) is 5.81. The molecule has 2 N–H and O–H groups in total. The second-order valence-electron chi connectivity index (χ2n) is 6.52. The van der Waals surface area contributed by atoms with Crippen LogP contribution in [0.15, 0.2) is 76.7 Å². The lowest BCUT2D eigenvalue weighted by Gasteiger charge is -2.08. The predicted molar refractivity (Wildman–Crippen MR) is 120 cm³/mol. The lowest BCUT2D eigenvalue weighted by Crippen LogP contribution is -2.18. The van der Waals surface area contributed by atoms with E-state index in [0.29, 0.717) is 22.2 Å². The summed E-state index contributed by atoms with van der Waals surface area (Å²) in [5, 5.41) is 17.2. The maximum atomic E-state index is 12.1. The number of fused-ring (bicyclic) bond motifs is 1. The van der Waals surface area contributed by atoms with Crippen molar-refractivity contribution in [3.8, 4) is 0 Å². The van der Waals surface area contributed by atoms with Gasteiger partial charge in [-0.25, -0.2) is 4.79 Å². The van der Waals surface area contributed by atoms with Gasteiger partial charge in [-0.15, -0.1) is 0 Å². The van der Waals surface area contributed by atoms with Crippen LogP contribution in [-0.4, -0.2) is 38.9 Å². The fraction of sp³-hybridized carbons (Fsp3) is 0.0435. The molecule has 0 aliphatic rings. The molecule has 0 unspecified atom stereocenters. The minimum absolute atomic E-state index is 0.179. The average Bonchev–Trinajstić information content (AvgIpc) is 3.16. The van der Waals surface area contributed by atoms with Crippen molar-refractivity contribution in [3.63, 3.8) is 0 Å². The van der Waals surface area contributed by atoms with Crippen LogP contribution in [0.1, 0.15) is 21.7 Å².